The van der Waals surface area contributed by atoms with Crippen molar-refractivity contribution < 1.29 is 14.7 Å². The van der Waals surface area contributed by atoms with E-state index in [0.29, 0.717) is 11.3 Å². The number of aliphatic carboxylic acids is 1. The van der Waals surface area contributed by atoms with Gasteiger partial charge >= 0.3 is 5.97 Å². The third kappa shape index (κ3) is 4.12. The van der Waals surface area contributed by atoms with E-state index in [2.05, 4.69) is 10.3 Å². The first-order valence-corrected chi connectivity index (χ1v) is 6.35. The summed E-state index contributed by atoms with van der Waals surface area (Å²) in [5.74, 6) is -1.27. The molecule has 0 fully saturated rings. The van der Waals surface area contributed by atoms with E-state index in [0.717, 1.165) is 5.56 Å². The van der Waals surface area contributed by atoms with Gasteiger partial charge in [0.15, 0.2) is 0 Å². The van der Waals surface area contributed by atoms with E-state index in [1.165, 1.54) is 0 Å². The smallest absolute Gasteiger partial charge is 0.320 e. The molecule has 0 aliphatic carbocycles. The average molecular weight is 285 g/mol. The quantitative estimate of drug-likeness (QED) is 0.767. The number of pyridine rings is 1. The van der Waals surface area contributed by atoms with Crippen molar-refractivity contribution in [3.8, 4) is 0 Å². The van der Waals surface area contributed by atoms with Gasteiger partial charge in [0.05, 0.1) is 0 Å². The number of carbonyl (C=O) groups is 2. The van der Waals surface area contributed by atoms with E-state index in [-0.39, 0.29) is 12.3 Å². The van der Waals surface area contributed by atoms with E-state index in [1.807, 2.05) is 0 Å². The van der Waals surface area contributed by atoms with Crippen LogP contribution in [0.1, 0.15) is 15.9 Å². The van der Waals surface area contributed by atoms with Crippen molar-refractivity contribution in [3.63, 3.8) is 0 Å². The van der Waals surface area contributed by atoms with Crippen LogP contribution in [0.3, 0.4) is 0 Å². The second-order valence-corrected chi connectivity index (χ2v) is 4.54. The number of nitrogens with zero attached hydrogens (tertiary/aromatic N) is 1. The van der Waals surface area contributed by atoms with Crippen LogP contribution in [0.5, 0.6) is 0 Å². The van der Waals surface area contributed by atoms with E-state index >= 15 is 0 Å². The van der Waals surface area contributed by atoms with Gasteiger partial charge in [-0.15, -0.1) is 0 Å². The topological polar surface area (TPSA) is 105 Å². The van der Waals surface area contributed by atoms with Crippen LogP contribution >= 0.6 is 0 Å². The highest BCUT2D eigenvalue weighted by atomic mass is 16.4. The third-order valence-corrected chi connectivity index (χ3v) is 2.93. The highest BCUT2D eigenvalue weighted by Gasteiger charge is 2.12. The zero-order chi connectivity index (χ0) is 15.2. The van der Waals surface area contributed by atoms with Gasteiger partial charge in [-0.25, -0.2) is 0 Å². The molecule has 1 unspecified atom stereocenters. The fourth-order valence-electron chi connectivity index (χ4n) is 1.77. The number of carbonyl (C=O) groups excluding carboxylic acids is 1. The number of hydrogen-bond acceptors (Lipinski definition) is 4. The molecule has 1 aromatic heterocycles. The fourth-order valence-corrected chi connectivity index (χ4v) is 1.77. The molecule has 21 heavy (non-hydrogen) atoms. The number of nitrogens with two attached hydrogens (primary N) is 1. The Morgan fingerprint density at radius 3 is 2.33 bits per heavy atom. The molecule has 4 N–H and O–H groups in total. The van der Waals surface area contributed by atoms with Gasteiger partial charge in [-0.3, -0.25) is 14.6 Å². The monoisotopic (exact) mass is 285 g/mol. The molecule has 2 aromatic rings. The SMILES string of the molecule is NC(Cc1ccc(NC(=O)c2ccncc2)cc1)C(=O)O. The van der Waals surface area contributed by atoms with Crippen molar-refractivity contribution in [1.29, 1.82) is 0 Å². The number of amides is 1. The molecule has 0 bridgehead atoms. The summed E-state index contributed by atoms with van der Waals surface area (Å²) in [5, 5.41) is 11.5. The molecule has 0 saturated carbocycles. The van der Waals surface area contributed by atoms with Crippen LogP contribution in [0.2, 0.25) is 0 Å². The average Bonchev–Trinajstić information content (AvgIpc) is 2.50. The fraction of sp³-hybridized carbons (Fsp3) is 0.133. The summed E-state index contributed by atoms with van der Waals surface area (Å²) in [6.45, 7) is 0. The number of aromatic nitrogens is 1. The number of rotatable bonds is 5. The van der Waals surface area contributed by atoms with Crippen LogP contribution in [0.15, 0.2) is 48.8 Å². The van der Waals surface area contributed by atoms with Crippen LogP contribution in [0, 0.1) is 0 Å². The number of benzene rings is 1. The Morgan fingerprint density at radius 2 is 1.76 bits per heavy atom. The Morgan fingerprint density at radius 1 is 1.14 bits per heavy atom. The predicted octanol–water partition coefficient (Wildman–Crippen LogP) is 1.29. The number of hydrogen-bond donors (Lipinski definition) is 3. The largest absolute Gasteiger partial charge is 0.480 e. The second kappa shape index (κ2) is 6.62. The summed E-state index contributed by atoms with van der Waals surface area (Å²) in [6.07, 6.45) is 3.34. The number of nitrogens with one attached hydrogen (secondary N) is 1. The first-order valence-electron chi connectivity index (χ1n) is 6.35. The van der Waals surface area contributed by atoms with Crippen LogP contribution in [0.4, 0.5) is 5.69 Å². The van der Waals surface area contributed by atoms with Gasteiger partial charge in [-0.1, -0.05) is 12.1 Å². The Hall–Kier alpha value is -2.73. The van der Waals surface area contributed by atoms with Crippen molar-refractivity contribution in [2.75, 3.05) is 5.32 Å². The third-order valence-electron chi connectivity index (χ3n) is 2.93. The maximum Gasteiger partial charge on any atom is 0.320 e. The summed E-state index contributed by atoms with van der Waals surface area (Å²) in [4.78, 5) is 26.5. The lowest BCUT2D eigenvalue weighted by molar-refractivity contribution is -0.138. The first-order chi connectivity index (χ1) is 10.1. The van der Waals surface area contributed by atoms with Gasteiger partial charge in [0, 0.05) is 23.6 Å². The Labute approximate surface area is 121 Å². The van der Waals surface area contributed by atoms with Crippen molar-refractivity contribution in [3.05, 3.63) is 59.9 Å². The Kier molecular flexibility index (Phi) is 4.63. The molecule has 0 saturated heterocycles. The van der Waals surface area contributed by atoms with Crippen molar-refractivity contribution in [2.45, 2.75) is 12.5 Å². The lowest BCUT2D eigenvalue weighted by atomic mass is 10.1. The van der Waals surface area contributed by atoms with Gasteiger partial charge in [-0.05, 0) is 36.2 Å². The highest BCUT2D eigenvalue weighted by Crippen LogP contribution is 2.12. The summed E-state index contributed by atoms with van der Waals surface area (Å²) in [6, 6.07) is 9.22. The molecule has 1 heterocycles. The maximum absolute atomic E-state index is 11.9. The zero-order valence-electron chi connectivity index (χ0n) is 11.2. The molecule has 1 amide bonds. The number of anilines is 1. The normalized spacial score (nSPS) is 11.7. The van der Waals surface area contributed by atoms with Gasteiger partial charge in [0.1, 0.15) is 6.04 Å². The lowest BCUT2D eigenvalue weighted by Gasteiger charge is -2.08. The van der Waals surface area contributed by atoms with Crippen LogP contribution in [-0.2, 0) is 11.2 Å². The number of carboxylic acids is 1. The molecule has 0 radical (unpaired) electrons. The molecule has 2 rings (SSSR count). The molecule has 1 aromatic carbocycles. The minimum atomic E-state index is -1.04. The molecular formula is C15H15N3O3. The Bertz CT molecular complexity index is 626. The van der Waals surface area contributed by atoms with Gasteiger partial charge in [0.25, 0.3) is 5.91 Å². The summed E-state index contributed by atoms with van der Waals surface area (Å²) < 4.78 is 0. The molecule has 6 heteroatoms. The van der Waals surface area contributed by atoms with Crippen molar-refractivity contribution >= 4 is 17.6 Å². The molecule has 0 aliphatic heterocycles. The molecule has 0 spiro atoms. The first kappa shape index (κ1) is 14.7. The van der Waals surface area contributed by atoms with Crippen LogP contribution in [0.25, 0.3) is 0 Å². The van der Waals surface area contributed by atoms with Crippen molar-refractivity contribution in [1.82, 2.24) is 4.98 Å². The van der Waals surface area contributed by atoms with Crippen LogP contribution < -0.4 is 11.1 Å². The van der Waals surface area contributed by atoms with Gasteiger partial charge < -0.3 is 16.2 Å². The van der Waals surface area contributed by atoms with E-state index in [9.17, 15) is 9.59 Å². The molecular weight excluding hydrogens is 270 g/mol. The molecule has 1 atom stereocenters. The number of carboxylic acid groups (broad SMARTS) is 1. The zero-order valence-corrected chi connectivity index (χ0v) is 11.2. The predicted molar refractivity (Wildman–Crippen MR) is 77.9 cm³/mol. The Balaban J connectivity index is 2.00. The standard InChI is InChI=1S/C15H15N3O3/c16-13(15(20)21)9-10-1-3-12(4-2-10)18-14(19)11-5-7-17-8-6-11/h1-8,13H,9,16H2,(H,18,19)(H,20,21). The lowest BCUT2D eigenvalue weighted by Crippen LogP contribution is -2.32. The molecule has 6 nitrogen and oxygen atoms in total. The van der Waals surface area contributed by atoms with Gasteiger partial charge in [0.2, 0.25) is 0 Å². The van der Waals surface area contributed by atoms with Crippen molar-refractivity contribution in [2.24, 2.45) is 5.73 Å². The van der Waals surface area contributed by atoms with Gasteiger partial charge in [-0.2, -0.15) is 0 Å². The minimum absolute atomic E-state index is 0.229. The second-order valence-electron chi connectivity index (χ2n) is 4.54. The summed E-state index contributed by atoms with van der Waals surface area (Å²) in [5.41, 5.74) is 7.41. The van der Waals surface area contributed by atoms with E-state index in [4.69, 9.17) is 10.8 Å². The van der Waals surface area contributed by atoms with E-state index in [1.54, 1.807) is 48.8 Å². The van der Waals surface area contributed by atoms with Crippen LogP contribution in [-0.4, -0.2) is 28.0 Å². The summed E-state index contributed by atoms with van der Waals surface area (Å²) in [7, 11) is 0. The molecule has 0 aliphatic rings. The molecule has 108 valence electrons. The summed E-state index contributed by atoms with van der Waals surface area (Å²) >= 11 is 0. The highest BCUT2D eigenvalue weighted by molar-refractivity contribution is 6.04. The van der Waals surface area contributed by atoms with E-state index < -0.39 is 12.0 Å². The maximum atomic E-state index is 11.9. The minimum Gasteiger partial charge on any atom is -0.480 e.